The quantitative estimate of drug-likeness (QED) is 0.558. The van der Waals surface area contributed by atoms with E-state index in [1.165, 1.54) is 27.4 Å². The van der Waals surface area contributed by atoms with Gasteiger partial charge in [0.1, 0.15) is 5.51 Å². The first-order valence-corrected chi connectivity index (χ1v) is 3.90. The normalized spacial score (nSPS) is 9.92. The van der Waals surface area contributed by atoms with E-state index in [0.29, 0.717) is 4.96 Å². The number of hydrogen-bond acceptors (Lipinski definition) is 4. The lowest BCUT2D eigenvalue weighted by atomic mass is 10.6. The lowest BCUT2D eigenvalue weighted by Crippen LogP contribution is -2.05. The summed E-state index contributed by atoms with van der Waals surface area (Å²) < 4.78 is 1.35. The van der Waals surface area contributed by atoms with Gasteiger partial charge in [-0.15, -0.1) is 4.52 Å². The highest BCUT2D eigenvalue weighted by Gasteiger charge is 2.05. The number of aromatic nitrogens is 3. The minimum atomic E-state index is -0.398. The van der Waals surface area contributed by atoms with Crippen LogP contribution in [0.5, 0.6) is 0 Å². The number of nitrogens with zero attached hydrogens (tertiary/aromatic N) is 4. The van der Waals surface area contributed by atoms with E-state index in [9.17, 15) is 4.79 Å². The van der Waals surface area contributed by atoms with Gasteiger partial charge in [0.15, 0.2) is 0 Å². The van der Waals surface area contributed by atoms with Gasteiger partial charge in [-0.3, -0.25) is 4.79 Å². The first-order valence-electron chi connectivity index (χ1n) is 3.02. The molecule has 0 aliphatic heterocycles. The average Bonchev–Trinajstić information content (AvgIpc) is 2.50. The molecule has 0 amide bonds. The molecule has 0 aromatic carbocycles. The molecule has 2 aromatic heterocycles. The molecule has 0 radical (unpaired) electrons. The summed E-state index contributed by atoms with van der Waals surface area (Å²) in [6.45, 7) is 6.76. The second-order valence-corrected chi connectivity index (χ2v) is 2.81. The Morgan fingerprint density at radius 1 is 1.67 bits per heavy atom. The van der Waals surface area contributed by atoms with Gasteiger partial charge in [-0.05, 0) is 0 Å². The van der Waals surface area contributed by atoms with Crippen LogP contribution in [0.2, 0.25) is 0 Å². The molecule has 0 spiro atoms. The second kappa shape index (κ2) is 2.39. The Hall–Kier alpha value is -1.74. The molecule has 2 heterocycles. The molecule has 2 aromatic rings. The van der Waals surface area contributed by atoms with Crippen LogP contribution in [0.15, 0.2) is 16.4 Å². The van der Waals surface area contributed by atoms with Crippen molar-refractivity contribution in [1.82, 2.24) is 14.6 Å². The Kier molecular flexibility index (Phi) is 1.38. The van der Waals surface area contributed by atoms with Gasteiger partial charge >= 0.3 is 0 Å². The molecule has 0 aliphatic rings. The largest absolute Gasteiger partial charge is 0.362 e. The third-order valence-electron chi connectivity index (χ3n) is 1.29. The summed E-state index contributed by atoms with van der Waals surface area (Å²) in [5.41, 5.74) is 1.14. The highest BCUT2D eigenvalue weighted by atomic mass is 32.1. The number of hydrogen-bond donors (Lipinski definition) is 0. The molecule has 6 heteroatoms. The van der Waals surface area contributed by atoms with Crippen LogP contribution in [0, 0.1) is 6.57 Å². The Morgan fingerprint density at radius 2 is 2.50 bits per heavy atom. The highest BCUT2D eigenvalue weighted by Crippen LogP contribution is 2.12. The fraction of sp³-hybridized carbons (Fsp3) is 0. The van der Waals surface area contributed by atoms with Crippen molar-refractivity contribution in [3.05, 3.63) is 33.3 Å². The Bertz CT molecular complexity index is 520. The summed E-state index contributed by atoms with van der Waals surface area (Å²) in [7, 11) is 0. The highest BCUT2D eigenvalue weighted by molar-refractivity contribution is 7.14. The molecular formula is C6H2N4OS. The molecule has 58 valence electrons. The predicted molar refractivity (Wildman–Crippen MR) is 43.4 cm³/mol. The second-order valence-electron chi connectivity index (χ2n) is 2.00. The monoisotopic (exact) mass is 178 g/mol. The zero-order valence-corrected chi connectivity index (χ0v) is 6.58. The zero-order valence-electron chi connectivity index (χ0n) is 5.76. The molecule has 0 bridgehead atoms. The summed E-state index contributed by atoms with van der Waals surface area (Å²) in [4.78, 5) is 18.1. The topological polar surface area (TPSA) is 51.6 Å². The Balaban J connectivity index is 3.01. The van der Waals surface area contributed by atoms with Gasteiger partial charge in [0.05, 0.1) is 0 Å². The summed E-state index contributed by atoms with van der Waals surface area (Å²) in [6.07, 6.45) is 0. The predicted octanol–water partition coefficient (Wildman–Crippen LogP) is 0.702. The average molecular weight is 178 g/mol. The van der Waals surface area contributed by atoms with Crippen LogP contribution in [0.3, 0.4) is 0 Å². The Labute approximate surface area is 70.7 Å². The summed E-state index contributed by atoms with van der Waals surface area (Å²) >= 11 is 1.23. The van der Waals surface area contributed by atoms with E-state index in [-0.39, 0.29) is 5.82 Å². The fourth-order valence-electron chi connectivity index (χ4n) is 0.826. The molecular weight excluding hydrogens is 176 g/mol. The van der Waals surface area contributed by atoms with Gasteiger partial charge in [-0.1, -0.05) is 23.0 Å². The zero-order chi connectivity index (χ0) is 8.55. The van der Waals surface area contributed by atoms with Crippen molar-refractivity contribution < 1.29 is 0 Å². The summed E-state index contributed by atoms with van der Waals surface area (Å²) in [5.74, 6) is 0.200. The van der Waals surface area contributed by atoms with Crippen LogP contribution < -0.4 is 5.56 Å². The Morgan fingerprint density at radius 3 is 3.25 bits per heavy atom. The van der Waals surface area contributed by atoms with E-state index in [4.69, 9.17) is 6.57 Å². The SMILES string of the molecule is [C-]#[N+]c1cc(=O)nc2scnn12. The van der Waals surface area contributed by atoms with Crippen molar-refractivity contribution in [2.45, 2.75) is 0 Å². The first kappa shape index (κ1) is 6.94. The van der Waals surface area contributed by atoms with Crippen LogP contribution in [0.25, 0.3) is 9.81 Å². The van der Waals surface area contributed by atoms with Gasteiger partial charge in [-0.2, -0.15) is 4.98 Å². The molecule has 5 nitrogen and oxygen atoms in total. The van der Waals surface area contributed by atoms with Crippen LogP contribution in [0.1, 0.15) is 0 Å². The maximum atomic E-state index is 10.9. The van der Waals surface area contributed by atoms with E-state index in [1.54, 1.807) is 0 Å². The minimum Gasteiger partial charge on any atom is -0.362 e. The third-order valence-corrected chi connectivity index (χ3v) is 1.97. The molecule has 0 saturated carbocycles. The van der Waals surface area contributed by atoms with Crippen molar-refractivity contribution in [3.63, 3.8) is 0 Å². The van der Waals surface area contributed by atoms with E-state index in [0.717, 1.165) is 0 Å². The first-order chi connectivity index (χ1) is 5.81. The number of fused-ring (bicyclic) bond motifs is 1. The van der Waals surface area contributed by atoms with E-state index >= 15 is 0 Å². The van der Waals surface area contributed by atoms with Gasteiger partial charge in [0, 0.05) is 6.07 Å². The van der Waals surface area contributed by atoms with Crippen molar-refractivity contribution in [1.29, 1.82) is 0 Å². The van der Waals surface area contributed by atoms with Gasteiger partial charge < -0.3 is 4.85 Å². The fourth-order valence-corrected chi connectivity index (χ4v) is 1.44. The molecule has 0 unspecified atom stereocenters. The van der Waals surface area contributed by atoms with Crippen LogP contribution >= 0.6 is 11.3 Å². The van der Waals surface area contributed by atoms with E-state index in [2.05, 4.69) is 14.9 Å². The molecule has 0 atom stereocenters. The minimum absolute atomic E-state index is 0.200. The van der Waals surface area contributed by atoms with Gasteiger partial charge in [0.25, 0.3) is 16.3 Å². The lowest BCUT2D eigenvalue weighted by molar-refractivity contribution is 0.950. The third kappa shape index (κ3) is 0.879. The van der Waals surface area contributed by atoms with E-state index in [1.807, 2.05) is 0 Å². The molecule has 12 heavy (non-hydrogen) atoms. The van der Waals surface area contributed by atoms with Gasteiger partial charge in [-0.25, -0.2) is 0 Å². The summed E-state index contributed by atoms with van der Waals surface area (Å²) in [6, 6.07) is 1.17. The van der Waals surface area contributed by atoms with Gasteiger partial charge in [0.2, 0.25) is 0 Å². The number of rotatable bonds is 0. The summed E-state index contributed by atoms with van der Waals surface area (Å²) in [5, 5.41) is 3.85. The maximum Gasteiger partial charge on any atom is 0.294 e. The van der Waals surface area contributed by atoms with Crippen molar-refractivity contribution >= 4 is 22.1 Å². The molecule has 0 N–H and O–H groups in total. The van der Waals surface area contributed by atoms with Crippen molar-refractivity contribution in [3.8, 4) is 0 Å². The molecule has 0 aliphatic carbocycles. The van der Waals surface area contributed by atoms with Crippen molar-refractivity contribution in [2.75, 3.05) is 0 Å². The van der Waals surface area contributed by atoms with Crippen LogP contribution in [-0.2, 0) is 0 Å². The smallest absolute Gasteiger partial charge is 0.294 e. The van der Waals surface area contributed by atoms with Crippen molar-refractivity contribution in [2.24, 2.45) is 0 Å². The maximum absolute atomic E-state index is 10.9. The van der Waals surface area contributed by atoms with Crippen LogP contribution in [0.4, 0.5) is 5.82 Å². The molecule has 0 fully saturated rings. The molecule has 0 saturated heterocycles. The van der Waals surface area contributed by atoms with E-state index < -0.39 is 5.56 Å². The standard InChI is InChI=1S/C6H2N4OS/c1-7-4-2-5(11)9-6-10(4)8-3-12-6/h2-3H. The lowest BCUT2D eigenvalue weighted by Gasteiger charge is -1.88. The van der Waals surface area contributed by atoms with Crippen LogP contribution in [-0.4, -0.2) is 14.6 Å². The molecule has 2 rings (SSSR count).